The third kappa shape index (κ3) is 3.87. The van der Waals surface area contributed by atoms with Crippen LogP contribution in [0.4, 0.5) is 10.5 Å². The summed E-state index contributed by atoms with van der Waals surface area (Å²) in [6.07, 6.45) is 2.74. The van der Waals surface area contributed by atoms with Crippen molar-refractivity contribution in [2.75, 3.05) is 24.6 Å². The molecule has 0 aliphatic carbocycles. The Hall–Kier alpha value is -2.08. The first kappa shape index (κ1) is 16.8. The Kier molecular flexibility index (Phi) is 5.04. The molecule has 3 rings (SSSR count). The number of nitrogens with one attached hydrogen (secondary N) is 2. The second kappa shape index (κ2) is 7.21. The van der Waals surface area contributed by atoms with Gasteiger partial charge in [-0.2, -0.15) is 0 Å². The summed E-state index contributed by atoms with van der Waals surface area (Å²) in [5.41, 5.74) is 3.16. The smallest absolute Gasteiger partial charge is 0.315 e. The number of rotatable bonds is 4. The zero-order valence-corrected chi connectivity index (χ0v) is 14.3. The van der Waals surface area contributed by atoms with Crippen LogP contribution in [-0.4, -0.2) is 43.8 Å². The zero-order chi connectivity index (χ0) is 17.1. The van der Waals surface area contributed by atoms with Crippen molar-refractivity contribution in [2.24, 2.45) is 0 Å². The molecule has 2 aliphatic rings. The maximum Gasteiger partial charge on any atom is 0.315 e. The highest BCUT2D eigenvalue weighted by molar-refractivity contribution is 6.01. The van der Waals surface area contributed by atoms with Gasteiger partial charge in [0.2, 0.25) is 5.91 Å². The number of urea groups is 1. The Morgan fingerprint density at radius 1 is 1.25 bits per heavy atom. The normalized spacial score (nSPS) is 23.6. The summed E-state index contributed by atoms with van der Waals surface area (Å²) in [6.45, 7) is 5.92. The second-order valence-electron chi connectivity index (χ2n) is 6.67. The summed E-state index contributed by atoms with van der Waals surface area (Å²) < 4.78 is 5.47. The summed E-state index contributed by atoms with van der Waals surface area (Å²) in [4.78, 5) is 26.3. The average Bonchev–Trinajstić information content (AvgIpc) is 3.15. The summed E-state index contributed by atoms with van der Waals surface area (Å²) >= 11 is 0. The number of nitrogens with zero attached hydrogens (tertiary/aromatic N) is 1. The van der Waals surface area contributed by atoms with E-state index in [0.717, 1.165) is 36.3 Å². The van der Waals surface area contributed by atoms with Crippen molar-refractivity contribution in [3.63, 3.8) is 0 Å². The van der Waals surface area contributed by atoms with Crippen LogP contribution in [0, 0.1) is 13.8 Å². The first-order valence-electron chi connectivity index (χ1n) is 8.58. The van der Waals surface area contributed by atoms with E-state index in [-0.39, 0.29) is 18.0 Å². The van der Waals surface area contributed by atoms with E-state index in [9.17, 15) is 9.59 Å². The number of hydrogen-bond donors (Lipinski definition) is 2. The first-order valence-corrected chi connectivity index (χ1v) is 8.58. The second-order valence-corrected chi connectivity index (χ2v) is 6.67. The van der Waals surface area contributed by atoms with Crippen LogP contribution in [0.1, 0.15) is 30.4 Å². The van der Waals surface area contributed by atoms with E-state index in [2.05, 4.69) is 16.7 Å². The quantitative estimate of drug-likeness (QED) is 0.885. The van der Waals surface area contributed by atoms with Gasteiger partial charge in [0.25, 0.3) is 0 Å². The van der Waals surface area contributed by atoms with Gasteiger partial charge in [-0.1, -0.05) is 6.07 Å². The van der Waals surface area contributed by atoms with Crippen molar-refractivity contribution in [3.8, 4) is 0 Å². The largest absolute Gasteiger partial charge is 0.376 e. The fourth-order valence-corrected chi connectivity index (χ4v) is 3.40. The highest BCUT2D eigenvalue weighted by Gasteiger charge is 2.33. The van der Waals surface area contributed by atoms with E-state index in [4.69, 9.17) is 4.74 Å². The fourth-order valence-electron chi connectivity index (χ4n) is 3.40. The molecule has 2 unspecified atom stereocenters. The van der Waals surface area contributed by atoms with Crippen LogP contribution in [0.3, 0.4) is 0 Å². The molecule has 2 atom stereocenters. The van der Waals surface area contributed by atoms with Gasteiger partial charge in [-0.3, -0.25) is 4.79 Å². The SMILES string of the molecule is Cc1cc(C)cc(N2CCC(NC(=O)NCC3CCCO3)C2=O)c1. The van der Waals surface area contributed by atoms with Crippen molar-refractivity contribution in [3.05, 3.63) is 29.3 Å². The molecule has 2 saturated heterocycles. The lowest BCUT2D eigenvalue weighted by molar-refractivity contribution is -0.118. The monoisotopic (exact) mass is 331 g/mol. The molecule has 0 bridgehead atoms. The number of carbonyl (C=O) groups is 2. The van der Waals surface area contributed by atoms with Gasteiger partial charge in [0.1, 0.15) is 6.04 Å². The lowest BCUT2D eigenvalue weighted by atomic mass is 10.1. The molecule has 130 valence electrons. The Labute approximate surface area is 142 Å². The maximum absolute atomic E-state index is 12.6. The maximum atomic E-state index is 12.6. The number of anilines is 1. The van der Waals surface area contributed by atoms with Crippen molar-refractivity contribution in [1.29, 1.82) is 0 Å². The zero-order valence-electron chi connectivity index (χ0n) is 14.3. The number of ether oxygens (including phenoxy) is 1. The minimum atomic E-state index is -0.463. The molecular formula is C18H25N3O3. The number of benzene rings is 1. The van der Waals surface area contributed by atoms with Gasteiger partial charge in [0.15, 0.2) is 0 Å². The third-order valence-electron chi connectivity index (χ3n) is 4.54. The number of carbonyl (C=O) groups excluding carboxylic acids is 2. The average molecular weight is 331 g/mol. The van der Waals surface area contributed by atoms with Crippen LogP contribution in [0.5, 0.6) is 0 Å². The van der Waals surface area contributed by atoms with Crippen LogP contribution in [0.25, 0.3) is 0 Å². The van der Waals surface area contributed by atoms with Crippen molar-refractivity contribution in [1.82, 2.24) is 10.6 Å². The van der Waals surface area contributed by atoms with Crippen molar-refractivity contribution >= 4 is 17.6 Å². The van der Waals surface area contributed by atoms with E-state index < -0.39 is 6.04 Å². The summed E-state index contributed by atoms with van der Waals surface area (Å²) in [6, 6.07) is 5.33. The van der Waals surface area contributed by atoms with E-state index in [0.29, 0.717) is 19.5 Å². The topological polar surface area (TPSA) is 70.7 Å². The number of amides is 3. The van der Waals surface area contributed by atoms with Crippen molar-refractivity contribution < 1.29 is 14.3 Å². The van der Waals surface area contributed by atoms with E-state index in [1.165, 1.54) is 0 Å². The van der Waals surface area contributed by atoms with Gasteiger partial charge in [-0.25, -0.2) is 4.79 Å². The summed E-state index contributed by atoms with van der Waals surface area (Å²) in [5, 5.41) is 5.58. The molecule has 2 aliphatic heterocycles. The van der Waals surface area contributed by atoms with E-state index >= 15 is 0 Å². The highest BCUT2D eigenvalue weighted by atomic mass is 16.5. The van der Waals surface area contributed by atoms with E-state index in [1.807, 2.05) is 26.0 Å². The standard InChI is InChI=1S/C18H25N3O3/c1-12-8-13(2)10-14(9-12)21-6-5-16(17(21)22)20-18(23)19-11-15-4-3-7-24-15/h8-10,15-16H,3-7,11H2,1-2H3,(H2,19,20,23). The van der Waals surface area contributed by atoms with Crippen molar-refractivity contribution in [2.45, 2.75) is 45.3 Å². The third-order valence-corrected chi connectivity index (χ3v) is 4.54. The Morgan fingerprint density at radius 3 is 2.67 bits per heavy atom. The molecule has 0 radical (unpaired) electrons. The summed E-state index contributed by atoms with van der Waals surface area (Å²) in [7, 11) is 0. The van der Waals surface area contributed by atoms with Crippen LogP contribution in [0.15, 0.2) is 18.2 Å². The van der Waals surface area contributed by atoms with Crippen LogP contribution in [-0.2, 0) is 9.53 Å². The minimum absolute atomic E-state index is 0.0488. The lowest BCUT2D eigenvalue weighted by Crippen LogP contribution is -2.47. The molecule has 3 amide bonds. The molecule has 2 fully saturated rings. The predicted molar refractivity (Wildman–Crippen MR) is 92.2 cm³/mol. The van der Waals surface area contributed by atoms with Crippen LogP contribution >= 0.6 is 0 Å². The molecule has 2 heterocycles. The van der Waals surface area contributed by atoms with Gasteiger partial charge < -0.3 is 20.3 Å². The Morgan fingerprint density at radius 2 is 2.00 bits per heavy atom. The van der Waals surface area contributed by atoms with Gasteiger partial charge in [0.05, 0.1) is 6.10 Å². The molecule has 6 nitrogen and oxygen atoms in total. The van der Waals surface area contributed by atoms with Gasteiger partial charge >= 0.3 is 6.03 Å². The Bertz CT molecular complexity index is 606. The summed E-state index contributed by atoms with van der Waals surface area (Å²) in [5.74, 6) is -0.0488. The molecule has 0 spiro atoms. The minimum Gasteiger partial charge on any atom is -0.376 e. The van der Waals surface area contributed by atoms with Gasteiger partial charge in [0, 0.05) is 25.4 Å². The molecular weight excluding hydrogens is 306 g/mol. The van der Waals surface area contributed by atoms with Crippen LogP contribution in [0.2, 0.25) is 0 Å². The number of aryl methyl sites for hydroxylation is 2. The molecule has 1 aromatic carbocycles. The molecule has 2 N–H and O–H groups in total. The van der Waals surface area contributed by atoms with Gasteiger partial charge in [-0.15, -0.1) is 0 Å². The lowest BCUT2D eigenvalue weighted by Gasteiger charge is -2.19. The molecule has 1 aromatic rings. The highest BCUT2D eigenvalue weighted by Crippen LogP contribution is 2.24. The van der Waals surface area contributed by atoms with Crippen LogP contribution < -0.4 is 15.5 Å². The number of hydrogen-bond acceptors (Lipinski definition) is 3. The molecule has 24 heavy (non-hydrogen) atoms. The fraction of sp³-hybridized carbons (Fsp3) is 0.556. The predicted octanol–water partition coefficient (Wildman–Crippen LogP) is 1.89. The van der Waals surface area contributed by atoms with E-state index in [1.54, 1.807) is 4.90 Å². The van der Waals surface area contributed by atoms with Gasteiger partial charge in [-0.05, 0) is 56.4 Å². The molecule has 0 aromatic heterocycles. The molecule has 0 saturated carbocycles. The Balaban J connectivity index is 1.54. The molecule has 6 heteroatoms. The first-order chi connectivity index (χ1) is 11.5.